The van der Waals surface area contributed by atoms with Gasteiger partial charge in [-0.15, -0.1) is 0 Å². The summed E-state index contributed by atoms with van der Waals surface area (Å²) in [5.41, 5.74) is 4.89. The largest absolute Gasteiger partial charge is 0.478 e. The van der Waals surface area contributed by atoms with Crippen LogP contribution in [0.1, 0.15) is 58.2 Å². The minimum Gasteiger partial charge on any atom is -0.478 e. The predicted octanol–water partition coefficient (Wildman–Crippen LogP) is 5.58. The Morgan fingerprint density at radius 2 is 1.41 bits per heavy atom. The Labute approximate surface area is 200 Å². The summed E-state index contributed by atoms with van der Waals surface area (Å²) in [5.74, 6) is -1.71. The van der Waals surface area contributed by atoms with E-state index in [1.54, 1.807) is 12.1 Å². The first-order chi connectivity index (χ1) is 16.0. The van der Waals surface area contributed by atoms with Crippen molar-refractivity contribution < 1.29 is 19.5 Å². The number of carbonyl (C=O) groups excluding carboxylic acids is 2. The number of hydrogen-bond donors (Lipinski definition) is 2. The van der Waals surface area contributed by atoms with Crippen molar-refractivity contribution in [2.24, 2.45) is 0 Å². The van der Waals surface area contributed by atoms with Crippen LogP contribution in [0.5, 0.6) is 0 Å². The number of carboxylic acids is 1. The molecule has 3 aromatic carbocycles. The number of carbonyl (C=O) groups is 3. The molecule has 0 atom stereocenters. The van der Waals surface area contributed by atoms with Crippen LogP contribution in [0.2, 0.25) is 0 Å². The summed E-state index contributed by atoms with van der Waals surface area (Å²) in [4.78, 5) is 38.9. The second-order valence-corrected chi connectivity index (χ2v) is 9.42. The quantitative estimate of drug-likeness (QED) is 0.504. The number of nitrogens with zero attached hydrogens (tertiary/aromatic N) is 1. The third-order valence-corrected chi connectivity index (χ3v) is 5.76. The lowest BCUT2D eigenvalue weighted by atomic mass is 9.86. The first-order valence-electron chi connectivity index (χ1n) is 11.1. The molecule has 0 spiro atoms. The molecule has 176 valence electrons. The maximum absolute atomic E-state index is 13.5. The van der Waals surface area contributed by atoms with Gasteiger partial charge >= 0.3 is 5.97 Å². The predicted molar refractivity (Wildman–Crippen MR) is 135 cm³/mol. The van der Waals surface area contributed by atoms with Gasteiger partial charge in [-0.1, -0.05) is 39.0 Å². The number of anilines is 2. The molecular formula is C28H30N2O4. The molecule has 0 saturated heterocycles. The zero-order chi connectivity index (χ0) is 25.0. The van der Waals surface area contributed by atoms with Gasteiger partial charge in [0.05, 0.1) is 5.56 Å². The summed E-state index contributed by atoms with van der Waals surface area (Å²) in [6, 6.07) is 19.0. The normalized spacial score (nSPS) is 11.1. The van der Waals surface area contributed by atoms with Gasteiger partial charge in [0.1, 0.15) is 6.54 Å². The molecule has 0 aliphatic carbocycles. The molecule has 0 heterocycles. The van der Waals surface area contributed by atoms with Crippen LogP contribution in [-0.2, 0) is 10.2 Å². The molecular weight excluding hydrogens is 428 g/mol. The SMILES string of the molecule is Cc1ccc(N(CC(=O)Nc2ccc(C(=O)O)cc2)C(=O)c2ccc(C(C)(C)C)cc2)cc1C. The number of benzene rings is 3. The fraction of sp³-hybridized carbons (Fsp3) is 0.250. The summed E-state index contributed by atoms with van der Waals surface area (Å²) in [7, 11) is 0. The Morgan fingerprint density at radius 3 is 1.94 bits per heavy atom. The van der Waals surface area contributed by atoms with Crippen LogP contribution in [0.15, 0.2) is 66.7 Å². The summed E-state index contributed by atoms with van der Waals surface area (Å²) in [5, 5.41) is 11.8. The van der Waals surface area contributed by atoms with Gasteiger partial charge in [-0.25, -0.2) is 4.79 Å². The van der Waals surface area contributed by atoms with E-state index < -0.39 is 5.97 Å². The fourth-order valence-electron chi connectivity index (χ4n) is 3.48. The molecule has 3 rings (SSSR count). The molecule has 0 unspecified atom stereocenters. The summed E-state index contributed by atoms with van der Waals surface area (Å²) < 4.78 is 0. The lowest BCUT2D eigenvalue weighted by Crippen LogP contribution is -2.38. The van der Waals surface area contributed by atoms with Crippen LogP contribution in [0.3, 0.4) is 0 Å². The molecule has 6 nitrogen and oxygen atoms in total. The number of rotatable bonds is 6. The van der Waals surface area contributed by atoms with Crippen molar-refractivity contribution in [1.29, 1.82) is 0 Å². The van der Waals surface area contributed by atoms with E-state index in [1.807, 2.05) is 44.2 Å². The van der Waals surface area contributed by atoms with Crippen LogP contribution in [0.4, 0.5) is 11.4 Å². The Hall–Kier alpha value is -3.93. The monoisotopic (exact) mass is 458 g/mol. The standard InChI is InChI=1S/C28H30N2O4/c1-18-6-15-24(16-19(18)2)30(26(32)20-7-11-22(12-8-20)28(3,4)5)17-25(31)29-23-13-9-21(10-14-23)27(33)34/h6-16H,17H2,1-5H3,(H,29,31)(H,33,34). The van der Waals surface area contributed by atoms with Crippen molar-refractivity contribution >= 4 is 29.2 Å². The van der Waals surface area contributed by atoms with Gasteiger partial charge in [0.15, 0.2) is 0 Å². The summed E-state index contributed by atoms with van der Waals surface area (Å²) in [6.45, 7) is 10.1. The van der Waals surface area contributed by atoms with Gasteiger partial charge in [-0.2, -0.15) is 0 Å². The number of amides is 2. The summed E-state index contributed by atoms with van der Waals surface area (Å²) >= 11 is 0. The molecule has 0 aromatic heterocycles. The zero-order valence-corrected chi connectivity index (χ0v) is 20.2. The van der Waals surface area contributed by atoms with Crippen LogP contribution in [-0.4, -0.2) is 29.4 Å². The van der Waals surface area contributed by atoms with Crippen molar-refractivity contribution in [2.75, 3.05) is 16.8 Å². The molecule has 0 saturated carbocycles. The Balaban J connectivity index is 1.87. The van der Waals surface area contributed by atoms with Gasteiger partial charge in [-0.05, 0) is 84.5 Å². The van der Waals surface area contributed by atoms with Crippen molar-refractivity contribution in [2.45, 2.75) is 40.0 Å². The molecule has 2 N–H and O–H groups in total. The van der Waals surface area contributed by atoms with E-state index >= 15 is 0 Å². The van der Waals surface area contributed by atoms with E-state index in [-0.39, 0.29) is 29.3 Å². The first-order valence-corrected chi connectivity index (χ1v) is 11.1. The topological polar surface area (TPSA) is 86.7 Å². The van der Waals surface area contributed by atoms with Crippen LogP contribution in [0, 0.1) is 13.8 Å². The van der Waals surface area contributed by atoms with Gasteiger partial charge in [-0.3, -0.25) is 14.5 Å². The van der Waals surface area contributed by atoms with Gasteiger partial charge in [0.25, 0.3) is 5.91 Å². The lowest BCUT2D eigenvalue weighted by Gasteiger charge is -2.24. The van der Waals surface area contributed by atoms with Crippen molar-refractivity contribution in [3.8, 4) is 0 Å². The molecule has 2 amide bonds. The highest BCUT2D eigenvalue weighted by molar-refractivity contribution is 6.10. The Bertz CT molecular complexity index is 1210. The van der Waals surface area contributed by atoms with Crippen molar-refractivity contribution in [1.82, 2.24) is 0 Å². The lowest BCUT2D eigenvalue weighted by molar-refractivity contribution is -0.114. The zero-order valence-electron chi connectivity index (χ0n) is 20.2. The smallest absolute Gasteiger partial charge is 0.335 e. The molecule has 6 heteroatoms. The third kappa shape index (κ3) is 5.90. The highest BCUT2D eigenvalue weighted by Gasteiger charge is 2.22. The van der Waals surface area contributed by atoms with Crippen molar-refractivity contribution in [3.63, 3.8) is 0 Å². The van der Waals surface area contributed by atoms with E-state index in [2.05, 4.69) is 26.1 Å². The molecule has 0 aliphatic rings. The van der Waals surface area contributed by atoms with Crippen molar-refractivity contribution in [3.05, 3.63) is 94.5 Å². The maximum atomic E-state index is 13.5. The van der Waals surface area contributed by atoms with Gasteiger partial charge in [0, 0.05) is 16.9 Å². The highest BCUT2D eigenvalue weighted by atomic mass is 16.4. The Kier molecular flexibility index (Phi) is 7.20. The average molecular weight is 459 g/mol. The van der Waals surface area contributed by atoms with E-state index in [4.69, 9.17) is 5.11 Å². The number of carboxylic acid groups (broad SMARTS) is 1. The number of aromatic carboxylic acids is 1. The van der Waals surface area contributed by atoms with Crippen LogP contribution < -0.4 is 10.2 Å². The van der Waals surface area contributed by atoms with E-state index in [0.717, 1.165) is 16.7 Å². The number of aryl methyl sites for hydroxylation is 2. The van der Waals surface area contributed by atoms with Crippen LogP contribution in [0.25, 0.3) is 0 Å². The third-order valence-electron chi connectivity index (χ3n) is 5.76. The number of hydrogen-bond acceptors (Lipinski definition) is 3. The second-order valence-electron chi connectivity index (χ2n) is 9.42. The molecule has 0 fully saturated rings. The summed E-state index contributed by atoms with van der Waals surface area (Å²) in [6.07, 6.45) is 0. The highest BCUT2D eigenvalue weighted by Crippen LogP contribution is 2.25. The number of nitrogens with one attached hydrogen (secondary N) is 1. The molecule has 3 aromatic rings. The first kappa shape index (κ1) is 24.7. The van der Waals surface area contributed by atoms with Gasteiger partial charge < -0.3 is 10.4 Å². The minimum absolute atomic E-state index is 0.0363. The molecule has 0 bridgehead atoms. The van der Waals surface area contributed by atoms with E-state index in [9.17, 15) is 14.4 Å². The van der Waals surface area contributed by atoms with E-state index in [0.29, 0.717) is 16.9 Å². The average Bonchev–Trinajstić information content (AvgIpc) is 2.79. The Morgan fingerprint density at radius 1 is 0.824 bits per heavy atom. The molecule has 0 aliphatic heterocycles. The molecule has 34 heavy (non-hydrogen) atoms. The van der Waals surface area contributed by atoms with E-state index in [1.165, 1.54) is 29.2 Å². The van der Waals surface area contributed by atoms with Gasteiger partial charge in [0.2, 0.25) is 5.91 Å². The maximum Gasteiger partial charge on any atom is 0.335 e. The minimum atomic E-state index is -1.04. The van der Waals surface area contributed by atoms with Crippen LogP contribution >= 0.6 is 0 Å². The molecule has 0 radical (unpaired) electrons. The fourth-order valence-corrected chi connectivity index (χ4v) is 3.48. The second kappa shape index (κ2) is 9.91.